The number of rotatable bonds is 3. The summed E-state index contributed by atoms with van der Waals surface area (Å²) >= 11 is 0. The number of hydrogen-bond acceptors (Lipinski definition) is 1. The molecule has 0 heterocycles. The van der Waals surface area contributed by atoms with Crippen molar-refractivity contribution >= 4 is 0 Å². The summed E-state index contributed by atoms with van der Waals surface area (Å²) in [6, 6.07) is 9.76. The number of ether oxygens (including phenoxy) is 1. The van der Waals surface area contributed by atoms with Crippen molar-refractivity contribution in [3.8, 4) is 5.75 Å². The first-order chi connectivity index (χ1) is 6.68. The molecule has 0 unspecified atom stereocenters. The Morgan fingerprint density at radius 2 is 1.71 bits per heavy atom. The summed E-state index contributed by atoms with van der Waals surface area (Å²) in [6.07, 6.45) is 3.85. The highest BCUT2D eigenvalue weighted by molar-refractivity contribution is 5.24. The van der Waals surface area contributed by atoms with Gasteiger partial charge < -0.3 is 4.74 Å². The zero-order chi connectivity index (χ0) is 10.4. The van der Waals surface area contributed by atoms with E-state index in [1.165, 1.54) is 5.57 Å². The Morgan fingerprint density at radius 3 is 2.29 bits per heavy atom. The standard InChI is InChI=1S/C13H16O/c1-11(2)9-12(3)10-14-13-7-5-4-6-8-13/h4-10H,1-3H3. The lowest BCUT2D eigenvalue weighted by Crippen LogP contribution is -1.83. The average molecular weight is 188 g/mol. The van der Waals surface area contributed by atoms with E-state index in [9.17, 15) is 0 Å². The third kappa shape index (κ3) is 3.94. The molecule has 0 aliphatic heterocycles. The molecular formula is C13H16O. The maximum Gasteiger partial charge on any atom is 0.126 e. The lowest BCUT2D eigenvalue weighted by Gasteiger charge is -2.00. The predicted octanol–water partition coefficient (Wildman–Crippen LogP) is 3.94. The van der Waals surface area contributed by atoms with Gasteiger partial charge in [-0.25, -0.2) is 0 Å². The van der Waals surface area contributed by atoms with Crippen LogP contribution in [0, 0.1) is 0 Å². The van der Waals surface area contributed by atoms with E-state index in [-0.39, 0.29) is 0 Å². The minimum absolute atomic E-state index is 0.869. The molecule has 1 heteroatoms. The number of allylic oxidation sites excluding steroid dienone is 3. The maximum atomic E-state index is 5.46. The summed E-state index contributed by atoms with van der Waals surface area (Å²) in [5.41, 5.74) is 2.39. The van der Waals surface area contributed by atoms with Crippen molar-refractivity contribution in [2.24, 2.45) is 0 Å². The van der Waals surface area contributed by atoms with Gasteiger partial charge in [-0.3, -0.25) is 0 Å². The first-order valence-corrected chi connectivity index (χ1v) is 4.72. The van der Waals surface area contributed by atoms with E-state index in [1.54, 1.807) is 6.26 Å². The minimum atomic E-state index is 0.869. The fourth-order valence-corrected chi connectivity index (χ4v) is 1.15. The second kappa shape index (κ2) is 5.28. The molecule has 0 spiro atoms. The zero-order valence-electron chi connectivity index (χ0n) is 8.95. The molecule has 0 radical (unpaired) electrons. The van der Waals surface area contributed by atoms with Crippen LogP contribution in [0.2, 0.25) is 0 Å². The Kier molecular flexibility index (Phi) is 3.99. The van der Waals surface area contributed by atoms with Gasteiger partial charge in [0.05, 0.1) is 6.26 Å². The molecule has 0 saturated carbocycles. The maximum absolute atomic E-state index is 5.46. The molecule has 0 fully saturated rings. The van der Waals surface area contributed by atoms with Crippen LogP contribution in [-0.4, -0.2) is 0 Å². The Morgan fingerprint density at radius 1 is 1.07 bits per heavy atom. The third-order valence-electron chi connectivity index (χ3n) is 1.64. The normalized spacial score (nSPS) is 10.9. The SMILES string of the molecule is CC(C)=CC(C)=COc1ccccc1. The molecule has 0 amide bonds. The van der Waals surface area contributed by atoms with Crippen LogP contribution in [-0.2, 0) is 0 Å². The van der Waals surface area contributed by atoms with E-state index in [0.717, 1.165) is 11.3 Å². The van der Waals surface area contributed by atoms with Gasteiger partial charge in [0, 0.05) is 0 Å². The van der Waals surface area contributed by atoms with Gasteiger partial charge >= 0.3 is 0 Å². The third-order valence-corrected chi connectivity index (χ3v) is 1.64. The van der Waals surface area contributed by atoms with Gasteiger partial charge in [0.2, 0.25) is 0 Å². The molecule has 0 saturated heterocycles. The molecule has 0 aromatic heterocycles. The van der Waals surface area contributed by atoms with Gasteiger partial charge in [-0.2, -0.15) is 0 Å². The summed E-state index contributed by atoms with van der Waals surface area (Å²) in [5, 5.41) is 0. The second-order valence-corrected chi connectivity index (χ2v) is 3.51. The van der Waals surface area contributed by atoms with Crippen LogP contribution in [0.1, 0.15) is 20.8 Å². The van der Waals surface area contributed by atoms with Gasteiger partial charge in [0.15, 0.2) is 0 Å². The molecule has 0 atom stereocenters. The fraction of sp³-hybridized carbons (Fsp3) is 0.231. The van der Waals surface area contributed by atoms with Gasteiger partial charge in [-0.15, -0.1) is 0 Å². The van der Waals surface area contributed by atoms with Crippen LogP contribution < -0.4 is 4.74 Å². The van der Waals surface area contributed by atoms with Crippen LogP contribution in [0.3, 0.4) is 0 Å². The summed E-state index contributed by atoms with van der Waals surface area (Å²) in [5.74, 6) is 0.869. The number of para-hydroxylation sites is 1. The van der Waals surface area contributed by atoms with Crippen molar-refractivity contribution in [1.82, 2.24) is 0 Å². The molecule has 1 rings (SSSR count). The van der Waals surface area contributed by atoms with Gasteiger partial charge in [0.25, 0.3) is 0 Å². The lowest BCUT2D eigenvalue weighted by molar-refractivity contribution is 0.477. The van der Waals surface area contributed by atoms with Crippen LogP contribution >= 0.6 is 0 Å². The molecule has 0 aliphatic rings. The van der Waals surface area contributed by atoms with E-state index in [1.807, 2.05) is 37.3 Å². The molecule has 1 aromatic carbocycles. The van der Waals surface area contributed by atoms with Crippen molar-refractivity contribution in [2.75, 3.05) is 0 Å². The van der Waals surface area contributed by atoms with E-state index < -0.39 is 0 Å². The molecular weight excluding hydrogens is 172 g/mol. The van der Waals surface area contributed by atoms with Crippen molar-refractivity contribution in [3.63, 3.8) is 0 Å². The summed E-state index contributed by atoms with van der Waals surface area (Å²) in [4.78, 5) is 0. The van der Waals surface area contributed by atoms with E-state index >= 15 is 0 Å². The molecule has 0 aliphatic carbocycles. The molecule has 0 bridgehead atoms. The van der Waals surface area contributed by atoms with Crippen molar-refractivity contribution in [3.05, 3.63) is 53.8 Å². The predicted molar refractivity (Wildman–Crippen MR) is 60.3 cm³/mol. The Hall–Kier alpha value is -1.50. The Bertz CT molecular complexity index is 330. The van der Waals surface area contributed by atoms with Gasteiger partial charge in [-0.1, -0.05) is 29.8 Å². The highest BCUT2D eigenvalue weighted by Gasteiger charge is 1.88. The van der Waals surface area contributed by atoms with Crippen LogP contribution in [0.4, 0.5) is 0 Å². The van der Waals surface area contributed by atoms with E-state index in [2.05, 4.69) is 19.9 Å². The summed E-state index contributed by atoms with van der Waals surface area (Å²) < 4.78 is 5.46. The fourth-order valence-electron chi connectivity index (χ4n) is 1.15. The van der Waals surface area contributed by atoms with Crippen molar-refractivity contribution < 1.29 is 4.74 Å². The van der Waals surface area contributed by atoms with Crippen molar-refractivity contribution in [1.29, 1.82) is 0 Å². The van der Waals surface area contributed by atoms with Crippen LogP contribution in [0.25, 0.3) is 0 Å². The van der Waals surface area contributed by atoms with Crippen molar-refractivity contribution in [2.45, 2.75) is 20.8 Å². The summed E-state index contributed by atoms with van der Waals surface area (Å²) in [6.45, 7) is 6.16. The smallest absolute Gasteiger partial charge is 0.126 e. The molecule has 1 aromatic rings. The van der Waals surface area contributed by atoms with E-state index in [0.29, 0.717) is 0 Å². The highest BCUT2D eigenvalue weighted by atomic mass is 16.5. The monoisotopic (exact) mass is 188 g/mol. The Labute approximate surface area is 85.7 Å². The topological polar surface area (TPSA) is 9.23 Å². The quantitative estimate of drug-likeness (QED) is 0.515. The van der Waals surface area contributed by atoms with Gasteiger partial charge in [-0.05, 0) is 38.5 Å². The molecule has 1 nitrogen and oxygen atoms in total. The number of hydrogen-bond donors (Lipinski definition) is 0. The van der Waals surface area contributed by atoms with Gasteiger partial charge in [0.1, 0.15) is 5.75 Å². The summed E-state index contributed by atoms with van der Waals surface area (Å²) in [7, 11) is 0. The van der Waals surface area contributed by atoms with E-state index in [4.69, 9.17) is 4.74 Å². The second-order valence-electron chi connectivity index (χ2n) is 3.51. The lowest BCUT2D eigenvalue weighted by atomic mass is 10.2. The molecule has 74 valence electrons. The molecule has 14 heavy (non-hydrogen) atoms. The number of benzene rings is 1. The van der Waals surface area contributed by atoms with Crippen LogP contribution in [0.15, 0.2) is 53.8 Å². The Balaban J connectivity index is 2.60. The first-order valence-electron chi connectivity index (χ1n) is 4.72. The molecule has 0 N–H and O–H groups in total. The highest BCUT2D eigenvalue weighted by Crippen LogP contribution is 2.10. The minimum Gasteiger partial charge on any atom is -0.465 e. The first kappa shape index (κ1) is 10.6. The average Bonchev–Trinajstić information content (AvgIpc) is 2.15. The largest absolute Gasteiger partial charge is 0.465 e. The zero-order valence-corrected chi connectivity index (χ0v) is 8.95. The van der Waals surface area contributed by atoms with Crippen LogP contribution in [0.5, 0.6) is 5.75 Å².